The molecule has 0 radical (unpaired) electrons. The molecule has 0 spiro atoms. The van der Waals surface area contributed by atoms with E-state index in [1.165, 1.54) is 23.9 Å². The van der Waals surface area contributed by atoms with Crippen LogP contribution in [0.3, 0.4) is 0 Å². The second-order valence-electron chi connectivity index (χ2n) is 4.83. The lowest BCUT2D eigenvalue weighted by molar-refractivity contribution is 0.449. The second kappa shape index (κ2) is 4.49. The fourth-order valence-electron chi connectivity index (χ4n) is 2.67. The molecular formula is C14H19N3. The highest BCUT2D eigenvalue weighted by atomic mass is 15.0. The van der Waals surface area contributed by atoms with Gasteiger partial charge in [0.25, 0.3) is 0 Å². The Morgan fingerprint density at radius 1 is 1.41 bits per heavy atom. The summed E-state index contributed by atoms with van der Waals surface area (Å²) >= 11 is 0. The van der Waals surface area contributed by atoms with Crippen molar-refractivity contribution in [2.45, 2.75) is 32.1 Å². The number of H-pyrrole nitrogens is 1. The minimum absolute atomic E-state index is 0.556. The van der Waals surface area contributed by atoms with Crippen LogP contribution in [0.1, 0.15) is 37.1 Å². The fourth-order valence-corrected chi connectivity index (χ4v) is 2.67. The first-order valence-corrected chi connectivity index (χ1v) is 6.56. The number of nitrogens with zero attached hydrogens (tertiary/aromatic N) is 1. The molecule has 1 aliphatic rings. The number of benzene rings is 1. The molecule has 2 N–H and O–H groups in total. The quantitative estimate of drug-likeness (QED) is 0.831. The summed E-state index contributed by atoms with van der Waals surface area (Å²) < 4.78 is 0. The van der Waals surface area contributed by atoms with Crippen molar-refractivity contribution in [1.82, 2.24) is 15.3 Å². The third-order valence-electron chi connectivity index (χ3n) is 3.68. The molecule has 1 fully saturated rings. The molecule has 2 aromatic rings. The van der Waals surface area contributed by atoms with Crippen LogP contribution in [0.5, 0.6) is 0 Å². The number of imidazole rings is 1. The number of fused-ring (bicyclic) bond motifs is 1. The van der Waals surface area contributed by atoms with Crippen molar-refractivity contribution in [1.29, 1.82) is 0 Å². The van der Waals surface area contributed by atoms with E-state index in [0.717, 1.165) is 30.9 Å². The number of hydrogen-bond donors (Lipinski definition) is 2. The number of aromatic nitrogens is 2. The van der Waals surface area contributed by atoms with Crippen molar-refractivity contribution < 1.29 is 0 Å². The Balaban J connectivity index is 2.00. The number of nitrogens with one attached hydrogen (secondary N) is 2. The second-order valence-corrected chi connectivity index (χ2v) is 4.83. The van der Waals surface area contributed by atoms with Crippen LogP contribution in [-0.4, -0.2) is 23.1 Å². The van der Waals surface area contributed by atoms with Gasteiger partial charge in [0.15, 0.2) is 0 Å². The van der Waals surface area contributed by atoms with Gasteiger partial charge in [-0.25, -0.2) is 4.98 Å². The summed E-state index contributed by atoms with van der Waals surface area (Å²) in [6.07, 6.45) is 3.54. The molecule has 0 aliphatic carbocycles. The Bertz CT molecular complexity index is 509. The predicted molar refractivity (Wildman–Crippen MR) is 70.3 cm³/mol. The highest BCUT2D eigenvalue weighted by Crippen LogP contribution is 2.25. The molecule has 3 nitrogen and oxygen atoms in total. The summed E-state index contributed by atoms with van der Waals surface area (Å²) in [5.74, 6) is 1.72. The van der Waals surface area contributed by atoms with E-state index in [9.17, 15) is 0 Å². The largest absolute Gasteiger partial charge is 0.342 e. The first-order chi connectivity index (χ1) is 8.38. The summed E-state index contributed by atoms with van der Waals surface area (Å²) in [6, 6.07) is 6.41. The predicted octanol–water partition coefficient (Wildman–Crippen LogP) is 2.59. The highest BCUT2D eigenvalue weighted by molar-refractivity contribution is 5.78. The third-order valence-corrected chi connectivity index (χ3v) is 3.68. The Kier molecular flexibility index (Phi) is 2.85. The topological polar surface area (TPSA) is 40.7 Å². The van der Waals surface area contributed by atoms with Gasteiger partial charge in [-0.3, -0.25) is 0 Å². The van der Waals surface area contributed by atoms with Crippen molar-refractivity contribution in [3.05, 3.63) is 29.6 Å². The first-order valence-electron chi connectivity index (χ1n) is 6.56. The summed E-state index contributed by atoms with van der Waals surface area (Å²) in [5, 5.41) is 3.45. The van der Waals surface area contributed by atoms with Gasteiger partial charge in [0.2, 0.25) is 0 Å². The van der Waals surface area contributed by atoms with Crippen molar-refractivity contribution in [2.75, 3.05) is 13.1 Å². The number of piperidine rings is 1. The zero-order valence-corrected chi connectivity index (χ0v) is 10.3. The molecule has 1 atom stereocenters. The lowest BCUT2D eigenvalue weighted by Crippen LogP contribution is -2.28. The summed E-state index contributed by atoms with van der Waals surface area (Å²) in [6.45, 7) is 4.39. The van der Waals surface area contributed by atoms with E-state index in [-0.39, 0.29) is 0 Å². The van der Waals surface area contributed by atoms with Crippen molar-refractivity contribution in [2.24, 2.45) is 0 Å². The first kappa shape index (κ1) is 10.8. The molecule has 90 valence electrons. The van der Waals surface area contributed by atoms with Crippen LogP contribution >= 0.6 is 0 Å². The van der Waals surface area contributed by atoms with Crippen LogP contribution in [-0.2, 0) is 6.42 Å². The maximum absolute atomic E-state index is 4.81. The zero-order chi connectivity index (χ0) is 11.7. The van der Waals surface area contributed by atoms with Crippen LogP contribution in [0.2, 0.25) is 0 Å². The van der Waals surface area contributed by atoms with E-state index in [1.54, 1.807) is 0 Å². The third kappa shape index (κ3) is 1.95. The van der Waals surface area contributed by atoms with E-state index in [2.05, 4.69) is 35.4 Å². The smallest absolute Gasteiger partial charge is 0.111 e. The summed E-state index contributed by atoms with van der Waals surface area (Å²) in [7, 11) is 0. The molecule has 0 bridgehead atoms. The highest BCUT2D eigenvalue weighted by Gasteiger charge is 2.18. The van der Waals surface area contributed by atoms with Crippen LogP contribution in [0.4, 0.5) is 0 Å². The molecule has 1 aliphatic heterocycles. The normalized spacial score (nSPS) is 20.9. The van der Waals surface area contributed by atoms with Gasteiger partial charge in [0.1, 0.15) is 5.82 Å². The van der Waals surface area contributed by atoms with E-state index in [0.29, 0.717) is 5.92 Å². The Hall–Kier alpha value is -1.35. The van der Waals surface area contributed by atoms with Crippen LogP contribution in [0.25, 0.3) is 11.0 Å². The van der Waals surface area contributed by atoms with Crippen LogP contribution in [0.15, 0.2) is 18.2 Å². The van der Waals surface area contributed by atoms with Gasteiger partial charge >= 0.3 is 0 Å². The average molecular weight is 229 g/mol. The molecule has 1 aromatic carbocycles. The molecule has 2 heterocycles. The molecule has 0 amide bonds. The molecule has 3 rings (SSSR count). The van der Waals surface area contributed by atoms with Gasteiger partial charge in [0.05, 0.1) is 11.0 Å². The molecule has 3 heteroatoms. The lowest BCUT2D eigenvalue weighted by atomic mass is 9.99. The Labute approximate surface area is 102 Å². The van der Waals surface area contributed by atoms with E-state index in [4.69, 9.17) is 4.98 Å². The molecule has 1 unspecified atom stereocenters. The number of para-hydroxylation sites is 1. The summed E-state index contributed by atoms with van der Waals surface area (Å²) in [4.78, 5) is 8.30. The number of aromatic amines is 1. The SMILES string of the molecule is CCc1cccc2[nH]c(C3CCCNC3)nc12. The minimum Gasteiger partial charge on any atom is -0.342 e. The minimum atomic E-state index is 0.556. The Morgan fingerprint density at radius 2 is 2.35 bits per heavy atom. The molecular weight excluding hydrogens is 210 g/mol. The van der Waals surface area contributed by atoms with Crippen molar-refractivity contribution >= 4 is 11.0 Å². The number of hydrogen-bond acceptors (Lipinski definition) is 2. The fraction of sp³-hybridized carbons (Fsp3) is 0.500. The monoisotopic (exact) mass is 229 g/mol. The summed E-state index contributed by atoms with van der Waals surface area (Å²) in [5.41, 5.74) is 3.69. The molecule has 17 heavy (non-hydrogen) atoms. The Morgan fingerprint density at radius 3 is 3.12 bits per heavy atom. The van der Waals surface area contributed by atoms with E-state index < -0.39 is 0 Å². The molecule has 1 aromatic heterocycles. The lowest BCUT2D eigenvalue weighted by Gasteiger charge is -2.20. The van der Waals surface area contributed by atoms with Crippen molar-refractivity contribution in [3.8, 4) is 0 Å². The van der Waals surface area contributed by atoms with Crippen molar-refractivity contribution in [3.63, 3.8) is 0 Å². The average Bonchev–Trinajstić information content (AvgIpc) is 2.83. The maximum Gasteiger partial charge on any atom is 0.111 e. The molecule has 0 saturated carbocycles. The van der Waals surface area contributed by atoms with Gasteiger partial charge in [0, 0.05) is 12.5 Å². The maximum atomic E-state index is 4.81. The van der Waals surface area contributed by atoms with Crippen LogP contribution < -0.4 is 5.32 Å². The van der Waals surface area contributed by atoms with Gasteiger partial charge in [-0.2, -0.15) is 0 Å². The van der Waals surface area contributed by atoms with Gasteiger partial charge < -0.3 is 10.3 Å². The van der Waals surface area contributed by atoms with E-state index >= 15 is 0 Å². The number of aryl methyl sites for hydroxylation is 1. The van der Waals surface area contributed by atoms with Gasteiger partial charge in [-0.15, -0.1) is 0 Å². The number of rotatable bonds is 2. The zero-order valence-electron chi connectivity index (χ0n) is 10.3. The van der Waals surface area contributed by atoms with Crippen LogP contribution in [0, 0.1) is 0 Å². The molecule has 1 saturated heterocycles. The van der Waals surface area contributed by atoms with Gasteiger partial charge in [-0.05, 0) is 37.4 Å². The standard InChI is InChI=1S/C14H19N3/c1-2-10-5-3-7-12-13(10)17-14(16-12)11-6-4-8-15-9-11/h3,5,7,11,15H,2,4,6,8-9H2,1H3,(H,16,17). The van der Waals surface area contributed by atoms with Gasteiger partial charge in [-0.1, -0.05) is 19.1 Å². The van der Waals surface area contributed by atoms with E-state index in [1.807, 2.05) is 0 Å².